The van der Waals surface area contributed by atoms with Crippen LogP contribution in [0.15, 0.2) is 24.3 Å². The number of nitrogens with zero attached hydrogens (tertiary/aromatic N) is 1. The second kappa shape index (κ2) is 6.06. The highest BCUT2D eigenvalue weighted by atomic mass is 16.1. The number of amides is 1. The van der Waals surface area contributed by atoms with Gasteiger partial charge < -0.3 is 16.0 Å². The highest BCUT2D eigenvalue weighted by Crippen LogP contribution is 2.27. The first-order valence-electron chi connectivity index (χ1n) is 6.92. The third kappa shape index (κ3) is 3.26. The predicted octanol–water partition coefficient (Wildman–Crippen LogP) is 2.21. The lowest BCUT2D eigenvalue weighted by Crippen LogP contribution is -2.40. The number of rotatable bonds is 3. The number of hydrogen-bond acceptors (Lipinski definition) is 3. The van der Waals surface area contributed by atoms with Crippen molar-refractivity contribution in [3.05, 3.63) is 24.3 Å². The van der Waals surface area contributed by atoms with Gasteiger partial charge in [-0.05, 0) is 25.0 Å². The molecule has 0 saturated heterocycles. The Morgan fingerprint density at radius 3 is 2.63 bits per heavy atom. The molecule has 1 saturated carbocycles. The molecule has 0 aliphatic heterocycles. The number of carbonyl (C=O) groups excluding carboxylic acids is 1. The molecule has 0 aromatic heterocycles. The molecular formula is C15H23N3O. The zero-order valence-corrected chi connectivity index (χ0v) is 11.7. The van der Waals surface area contributed by atoms with E-state index in [2.05, 4.69) is 5.32 Å². The summed E-state index contributed by atoms with van der Waals surface area (Å²) in [4.78, 5) is 14.3. The monoisotopic (exact) mass is 261 g/mol. The molecule has 104 valence electrons. The minimum Gasteiger partial charge on any atom is -0.376 e. The van der Waals surface area contributed by atoms with Gasteiger partial charge in [-0.15, -0.1) is 0 Å². The Hall–Kier alpha value is -1.55. The number of benzene rings is 1. The van der Waals surface area contributed by atoms with Crippen molar-refractivity contribution in [2.45, 2.75) is 31.7 Å². The summed E-state index contributed by atoms with van der Waals surface area (Å²) in [6.45, 7) is 0. The summed E-state index contributed by atoms with van der Waals surface area (Å²) in [6.07, 6.45) is 4.09. The normalized spacial score (nSPS) is 22.9. The minimum absolute atomic E-state index is 0.000248. The van der Waals surface area contributed by atoms with Crippen LogP contribution in [-0.2, 0) is 4.79 Å². The summed E-state index contributed by atoms with van der Waals surface area (Å²) in [7, 11) is 3.94. The smallest absolute Gasteiger partial charge is 0.229 e. The highest BCUT2D eigenvalue weighted by Gasteiger charge is 2.28. The van der Waals surface area contributed by atoms with Crippen LogP contribution >= 0.6 is 0 Å². The molecule has 1 amide bonds. The highest BCUT2D eigenvalue weighted by molar-refractivity contribution is 5.96. The fourth-order valence-electron chi connectivity index (χ4n) is 2.68. The van der Waals surface area contributed by atoms with Crippen LogP contribution in [0, 0.1) is 5.92 Å². The first-order chi connectivity index (χ1) is 9.09. The third-order valence-corrected chi connectivity index (χ3v) is 3.80. The summed E-state index contributed by atoms with van der Waals surface area (Å²) in [5.41, 5.74) is 7.93. The van der Waals surface area contributed by atoms with E-state index in [0.717, 1.165) is 37.1 Å². The van der Waals surface area contributed by atoms with E-state index in [0.29, 0.717) is 0 Å². The summed E-state index contributed by atoms with van der Waals surface area (Å²) in [5.74, 6) is 0.00506. The van der Waals surface area contributed by atoms with Crippen LogP contribution in [0.4, 0.5) is 11.4 Å². The van der Waals surface area contributed by atoms with Crippen molar-refractivity contribution in [1.29, 1.82) is 0 Å². The number of hydrogen-bond donors (Lipinski definition) is 2. The standard InChI is InChI=1S/C15H23N3O/c1-18(2)14-10-6-5-9-13(14)17-15(19)11-7-3-4-8-12(11)16/h5-6,9-12H,3-4,7-8,16H2,1-2H3,(H,17,19). The van der Waals surface area contributed by atoms with Crippen molar-refractivity contribution >= 4 is 17.3 Å². The Bertz CT molecular complexity index is 445. The van der Waals surface area contributed by atoms with Crippen molar-refractivity contribution in [1.82, 2.24) is 0 Å². The lowest BCUT2D eigenvalue weighted by molar-refractivity contribution is -0.121. The third-order valence-electron chi connectivity index (χ3n) is 3.80. The summed E-state index contributed by atoms with van der Waals surface area (Å²) in [5, 5.41) is 3.03. The number of para-hydroxylation sites is 2. The fraction of sp³-hybridized carbons (Fsp3) is 0.533. The van der Waals surface area contributed by atoms with Crippen molar-refractivity contribution in [3.63, 3.8) is 0 Å². The molecule has 1 fully saturated rings. The maximum atomic E-state index is 12.3. The first kappa shape index (κ1) is 13.9. The van der Waals surface area contributed by atoms with Gasteiger partial charge in [-0.1, -0.05) is 25.0 Å². The van der Waals surface area contributed by atoms with E-state index in [1.165, 1.54) is 0 Å². The van der Waals surface area contributed by atoms with Crippen molar-refractivity contribution in [2.24, 2.45) is 11.7 Å². The van der Waals surface area contributed by atoms with Crippen molar-refractivity contribution in [2.75, 3.05) is 24.3 Å². The van der Waals surface area contributed by atoms with E-state index in [4.69, 9.17) is 5.73 Å². The Kier molecular flexibility index (Phi) is 4.43. The van der Waals surface area contributed by atoms with E-state index < -0.39 is 0 Å². The van der Waals surface area contributed by atoms with Gasteiger partial charge in [0, 0.05) is 20.1 Å². The molecule has 1 aromatic rings. The van der Waals surface area contributed by atoms with Gasteiger partial charge in [0.05, 0.1) is 17.3 Å². The SMILES string of the molecule is CN(C)c1ccccc1NC(=O)C1CCCCC1N. The van der Waals surface area contributed by atoms with Gasteiger partial charge in [-0.3, -0.25) is 4.79 Å². The fourth-order valence-corrected chi connectivity index (χ4v) is 2.68. The van der Waals surface area contributed by atoms with Crippen molar-refractivity contribution in [3.8, 4) is 0 Å². The number of anilines is 2. The lowest BCUT2D eigenvalue weighted by atomic mass is 9.84. The Morgan fingerprint density at radius 2 is 1.95 bits per heavy atom. The summed E-state index contributed by atoms with van der Waals surface area (Å²) in [6, 6.07) is 7.83. The lowest BCUT2D eigenvalue weighted by Gasteiger charge is -2.28. The topological polar surface area (TPSA) is 58.4 Å². The molecule has 3 N–H and O–H groups in total. The average molecular weight is 261 g/mol. The zero-order valence-electron chi connectivity index (χ0n) is 11.7. The van der Waals surface area contributed by atoms with Gasteiger partial charge in [-0.2, -0.15) is 0 Å². The number of nitrogens with one attached hydrogen (secondary N) is 1. The Morgan fingerprint density at radius 1 is 1.26 bits per heavy atom. The molecule has 0 heterocycles. The van der Waals surface area contributed by atoms with E-state index in [9.17, 15) is 4.79 Å². The molecule has 4 nitrogen and oxygen atoms in total. The van der Waals surface area contributed by atoms with Gasteiger partial charge >= 0.3 is 0 Å². The summed E-state index contributed by atoms with van der Waals surface area (Å²) >= 11 is 0. The van der Waals surface area contributed by atoms with Crippen LogP contribution in [0.2, 0.25) is 0 Å². The van der Waals surface area contributed by atoms with Gasteiger partial charge in [0.2, 0.25) is 5.91 Å². The number of nitrogens with two attached hydrogens (primary N) is 1. The quantitative estimate of drug-likeness (QED) is 0.877. The zero-order chi connectivity index (χ0) is 13.8. The second-order valence-corrected chi connectivity index (χ2v) is 5.46. The first-order valence-corrected chi connectivity index (χ1v) is 6.92. The average Bonchev–Trinajstić information content (AvgIpc) is 2.39. The minimum atomic E-state index is -0.0519. The molecule has 2 atom stereocenters. The molecule has 2 unspecified atom stereocenters. The van der Waals surface area contributed by atoms with Gasteiger partial charge in [-0.25, -0.2) is 0 Å². The van der Waals surface area contributed by atoms with Crippen LogP contribution < -0.4 is 16.0 Å². The van der Waals surface area contributed by atoms with Gasteiger partial charge in [0.15, 0.2) is 0 Å². The molecule has 0 radical (unpaired) electrons. The Labute approximate surface area is 115 Å². The maximum absolute atomic E-state index is 12.3. The maximum Gasteiger partial charge on any atom is 0.229 e. The molecule has 4 heteroatoms. The molecule has 0 spiro atoms. The van der Waals surface area contributed by atoms with Crippen molar-refractivity contribution < 1.29 is 4.79 Å². The second-order valence-electron chi connectivity index (χ2n) is 5.46. The predicted molar refractivity (Wildman–Crippen MR) is 79.3 cm³/mol. The van der Waals surface area contributed by atoms with Crippen LogP contribution in [-0.4, -0.2) is 26.0 Å². The van der Waals surface area contributed by atoms with E-state index in [1.807, 2.05) is 43.3 Å². The Balaban J connectivity index is 2.10. The molecule has 19 heavy (non-hydrogen) atoms. The van der Waals surface area contributed by atoms with E-state index in [1.54, 1.807) is 0 Å². The van der Waals surface area contributed by atoms with Gasteiger partial charge in [0.1, 0.15) is 0 Å². The van der Waals surface area contributed by atoms with Gasteiger partial charge in [0.25, 0.3) is 0 Å². The van der Waals surface area contributed by atoms with Crippen LogP contribution in [0.3, 0.4) is 0 Å². The molecule has 0 bridgehead atoms. The molecule has 2 rings (SSSR count). The molecule has 1 aliphatic carbocycles. The van der Waals surface area contributed by atoms with Crippen LogP contribution in [0.25, 0.3) is 0 Å². The summed E-state index contributed by atoms with van der Waals surface area (Å²) < 4.78 is 0. The molecular weight excluding hydrogens is 238 g/mol. The largest absolute Gasteiger partial charge is 0.376 e. The molecule has 1 aliphatic rings. The van der Waals surface area contributed by atoms with E-state index in [-0.39, 0.29) is 17.9 Å². The van der Waals surface area contributed by atoms with Crippen LogP contribution in [0.5, 0.6) is 0 Å². The molecule has 1 aromatic carbocycles. The number of carbonyl (C=O) groups is 1. The van der Waals surface area contributed by atoms with Crippen LogP contribution in [0.1, 0.15) is 25.7 Å². The van der Waals surface area contributed by atoms with E-state index >= 15 is 0 Å².